The van der Waals surface area contributed by atoms with Gasteiger partial charge in [0, 0.05) is 0 Å². The summed E-state index contributed by atoms with van der Waals surface area (Å²) in [4.78, 5) is 26.0. The quantitative estimate of drug-likeness (QED) is 0.570. The second kappa shape index (κ2) is 4.60. The molecule has 0 radical (unpaired) electrons. The summed E-state index contributed by atoms with van der Waals surface area (Å²) in [7, 11) is 0. The smallest absolute Gasteiger partial charge is 0.303 e. The van der Waals surface area contributed by atoms with Gasteiger partial charge in [-0.3, -0.25) is 4.79 Å². The highest BCUT2D eigenvalue weighted by molar-refractivity contribution is 6.19. The Morgan fingerprint density at radius 2 is 1.94 bits per heavy atom. The molecule has 1 aliphatic heterocycles. The number of nitrogens with zero attached hydrogens (tertiary/aromatic N) is 3. The minimum atomic E-state index is -0.428. The van der Waals surface area contributed by atoms with Crippen molar-refractivity contribution in [2.24, 2.45) is 0 Å². The average Bonchev–Trinajstić information content (AvgIpc) is 2.65. The van der Waals surface area contributed by atoms with E-state index < -0.39 is 6.03 Å². The summed E-state index contributed by atoms with van der Waals surface area (Å²) in [6.45, 7) is 0.0976. The first-order chi connectivity index (χ1) is 8.67. The summed E-state index contributed by atoms with van der Waals surface area (Å²) in [6, 6.07) is 7.78. The molecule has 1 saturated heterocycles. The molecule has 0 N–H and O–H groups in total. The van der Waals surface area contributed by atoms with Gasteiger partial charge in [-0.2, -0.15) is 5.26 Å². The van der Waals surface area contributed by atoms with Crippen molar-refractivity contribution in [3.05, 3.63) is 29.8 Å². The first-order valence-corrected chi connectivity index (χ1v) is 5.23. The topological polar surface area (TPSA) is 64.4 Å². The number of amides is 3. The second-order valence-electron chi connectivity index (χ2n) is 3.73. The first kappa shape index (κ1) is 11.7. The number of carbonyl (C=O) groups excluding carboxylic acids is 2. The molecule has 1 aromatic carbocycles. The van der Waals surface area contributed by atoms with Gasteiger partial charge in [-0.1, -0.05) is 5.92 Å². The highest BCUT2D eigenvalue weighted by Gasteiger charge is 2.36. The van der Waals surface area contributed by atoms with E-state index in [9.17, 15) is 9.59 Å². The van der Waals surface area contributed by atoms with Crippen molar-refractivity contribution < 1.29 is 9.59 Å². The van der Waals surface area contributed by atoms with Gasteiger partial charge in [0.2, 0.25) is 0 Å². The van der Waals surface area contributed by atoms with Crippen LogP contribution in [0.5, 0.6) is 0 Å². The van der Waals surface area contributed by atoms with Gasteiger partial charge in [0.1, 0.15) is 6.54 Å². The van der Waals surface area contributed by atoms with Crippen molar-refractivity contribution in [2.75, 3.05) is 18.0 Å². The minimum Gasteiger partial charge on any atom is -0.303 e. The van der Waals surface area contributed by atoms with E-state index in [-0.39, 0.29) is 19.0 Å². The summed E-state index contributed by atoms with van der Waals surface area (Å²) in [5, 5.41) is 8.68. The van der Waals surface area contributed by atoms with E-state index in [1.165, 1.54) is 4.90 Å². The molecule has 2 rings (SSSR count). The van der Waals surface area contributed by atoms with Crippen LogP contribution in [0.3, 0.4) is 0 Å². The fourth-order valence-corrected chi connectivity index (χ4v) is 1.72. The predicted octanol–water partition coefficient (Wildman–Crippen LogP) is 0.960. The zero-order valence-electron chi connectivity index (χ0n) is 9.46. The van der Waals surface area contributed by atoms with E-state index in [1.807, 2.05) is 6.07 Å². The van der Waals surface area contributed by atoms with Crippen LogP contribution in [0.2, 0.25) is 0 Å². The number of terminal acetylenes is 1. The van der Waals surface area contributed by atoms with E-state index in [2.05, 4.69) is 5.92 Å². The Bertz CT molecular complexity index is 578. The summed E-state index contributed by atoms with van der Waals surface area (Å²) in [5.41, 5.74) is 0.918. The van der Waals surface area contributed by atoms with Crippen LogP contribution < -0.4 is 4.90 Å². The molecule has 0 aromatic heterocycles. The Balaban J connectivity index is 2.28. The molecule has 0 bridgehead atoms. The molecule has 5 nitrogen and oxygen atoms in total. The van der Waals surface area contributed by atoms with Crippen LogP contribution in [0, 0.1) is 23.7 Å². The fraction of sp³-hybridized carbons (Fsp3) is 0.154. The molecule has 0 saturated carbocycles. The van der Waals surface area contributed by atoms with Crippen LogP contribution >= 0.6 is 0 Å². The molecule has 0 spiro atoms. The number of nitriles is 1. The SMILES string of the molecule is C#CCN1CC(=O)N(c2ccc(C#N)cc2)C1=O. The molecule has 1 aromatic rings. The fourth-order valence-electron chi connectivity index (χ4n) is 1.72. The third-order valence-corrected chi connectivity index (χ3v) is 2.57. The van der Waals surface area contributed by atoms with E-state index in [0.29, 0.717) is 11.3 Å². The molecule has 0 aliphatic carbocycles. The van der Waals surface area contributed by atoms with Crippen molar-refractivity contribution in [3.8, 4) is 18.4 Å². The molecule has 1 fully saturated rings. The van der Waals surface area contributed by atoms with E-state index in [1.54, 1.807) is 24.3 Å². The van der Waals surface area contributed by atoms with E-state index in [4.69, 9.17) is 11.7 Å². The van der Waals surface area contributed by atoms with Gasteiger partial charge < -0.3 is 4.90 Å². The Hall–Kier alpha value is -2.79. The second-order valence-corrected chi connectivity index (χ2v) is 3.73. The monoisotopic (exact) mass is 239 g/mol. The molecule has 1 aliphatic rings. The lowest BCUT2D eigenvalue weighted by atomic mass is 10.2. The predicted molar refractivity (Wildman–Crippen MR) is 64.4 cm³/mol. The summed E-state index contributed by atoms with van der Waals surface area (Å²) in [6.07, 6.45) is 5.13. The number of hydrogen-bond donors (Lipinski definition) is 0. The van der Waals surface area contributed by atoms with Crippen molar-refractivity contribution in [2.45, 2.75) is 0 Å². The molecule has 0 atom stereocenters. The van der Waals surface area contributed by atoms with Crippen LogP contribution in [0.15, 0.2) is 24.3 Å². The van der Waals surface area contributed by atoms with Gasteiger partial charge in [-0.05, 0) is 24.3 Å². The number of hydrogen-bond acceptors (Lipinski definition) is 3. The van der Waals surface area contributed by atoms with Crippen molar-refractivity contribution in [1.82, 2.24) is 4.90 Å². The standard InChI is InChI=1S/C13H9N3O2/c1-2-7-15-9-12(17)16(13(15)18)11-5-3-10(8-14)4-6-11/h1,3-6H,7,9H2. The number of anilines is 1. The van der Waals surface area contributed by atoms with Gasteiger partial charge in [-0.25, -0.2) is 9.69 Å². The first-order valence-electron chi connectivity index (χ1n) is 5.23. The minimum absolute atomic E-state index is 0.0109. The molecule has 18 heavy (non-hydrogen) atoms. The maximum absolute atomic E-state index is 11.9. The number of imide groups is 1. The van der Waals surface area contributed by atoms with Gasteiger partial charge >= 0.3 is 6.03 Å². The van der Waals surface area contributed by atoms with E-state index in [0.717, 1.165) is 4.90 Å². The highest BCUT2D eigenvalue weighted by atomic mass is 16.2. The largest absolute Gasteiger partial charge is 0.332 e. The van der Waals surface area contributed by atoms with E-state index >= 15 is 0 Å². The summed E-state index contributed by atoms with van der Waals surface area (Å²) < 4.78 is 0. The maximum Gasteiger partial charge on any atom is 0.332 e. The van der Waals surface area contributed by atoms with Gasteiger partial charge in [0.15, 0.2) is 0 Å². The van der Waals surface area contributed by atoms with Gasteiger partial charge in [0.25, 0.3) is 5.91 Å². The van der Waals surface area contributed by atoms with Crippen molar-refractivity contribution in [3.63, 3.8) is 0 Å². The Morgan fingerprint density at radius 1 is 1.28 bits per heavy atom. The normalized spacial score (nSPS) is 14.6. The zero-order chi connectivity index (χ0) is 13.1. The Labute approximate surface area is 104 Å². The number of carbonyl (C=O) groups is 2. The lowest BCUT2D eigenvalue weighted by molar-refractivity contribution is -0.116. The molecule has 1 heterocycles. The van der Waals surface area contributed by atoms with Crippen molar-refractivity contribution >= 4 is 17.6 Å². The third kappa shape index (κ3) is 1.90. The molecule has 88 valence electrons. The maximum atomic E-state index is 11.9. The summed E-state index contributed by atoms with van der Waals surface area (Å²) >= 11 is 0. The molecule has 5 heteroatoms. The number of benzene rings is 1. The lowest BCUT2D eigenvalue weighted by Crippen LogP contribution is -2.33. The zero-order valence-corrected chi connectivity index (χ0v) is 9.46. The van der Waals surface area contributed by atoms with Crippen LogP contribution in [-0.4, -0.2) is 29.9 Å². The number of rotatable bonds is 2. The van der Waals surface area contributed by atoms with Crippen molar-refractivity contribution in [1.29, 1.82) is 5.26 Å². The number of urea groups is 1. The third-order valence-electron chi connectivity index (χ3n) is 2.57. The van der Waals surface area contributed by atoms with Gasteiger partial charge in [-0.15, -0.1) is 6.42 Å². The molecule has 0 unspecified atom stereocenters. The van der Waals surface area contributed by atoms with Crippen LogP contribution in [0.25, 0.3) is 0 Å². The average molecular weight is 239 g/mol. The lowest BCUT2D eigenvalue weighted by Gasteiger charge is -2.15. The molecular formula is C13H9N3O2. The van der Waals surface area contributed by atoms with Crippen LogP contribution in [0.1, 0.15) is 5.56 Å². The molecule has 3 amide bonds. The van der Waals surface area contributed by atoms with Crippen LogP contribution in [-0.2, 0) is 4.79 Å². The van der Waals surface area contributed by atoms with Gasteiger partial charge in [0.05, 0.1) is 23.9 Å². The van der Waals surface area contributed by atoms with Crippen LogP contribution in [0.4, 0.5) is 10.5 Å². The highest BCUT2D eigenvalue weighted by Crippen LogP contribution is 2.21. The Kier molecular flexibility index (Phi) is 2.99. The molecular weight excluding hydrogens is 230 g/mol. The summed E-state index contributed by atoms with van der Waals surface area (Å²) in [5.74, 6) is 2.01. The Morgan fingerprint density at radius 3 is 2.50 bits per heavy atom.